The Morgan fingerprint density at radius 1 is 1.75 bits per heavy atom. The standard InChI is InChI=1S/C9H14N2O/c1-7-5-8(11(2)10-7)3-4-9-6-12-9/h5,9H,3-4,6H2,1-2H3. The maximum absolute atomic E-state index is 5.15. The molecule has 0 aliphatic carbocycles. The molecule has 1 aromatic rings. The Balaban J connectivity index is 1.96. The van der Waals surface area contributed by atoms with Crippen LogP contribution >= 0.6 is 0 Å². The lowest BCUT2D eigenvalue weighted by Gasteiger charge is -1.98. The van der Waals surface area contributed by atoms with E-state index >= 15 is 0 Å². The van der Waals surface area contributed by atoms with Gasteiger partial charge in [0.1, 0.15) is 0 Å². The molecule has 1 aliphatic heterocycles. The molecule has 2 heterocycles. The van der Waals surface area contributed by atoms with Crippen molar-refractivity contribution in [3.05, 3.63) is 17.5 Å². The van der Waals surface area contributed by atoms with Gasteiger partial charge in [0.25, 0.3) is 0 Å². The number of nitrogens with zero attached hydrogens (tertiary/aromatic N) is 2. The molecule has 0 radical (unpaired) electrons. The summed E-state index contributed by atoms with van der Waals surface area (Å²) < 4.78 is 7.10. The van der Waals surface area contributed by atoms with Crippen LogP contribution in [-0.4, -0.2) is 22.5 Å². The molecule has 1 atom stereocenters. The molecule has 2 rings (SSSR count). The van der Waals surface area contributed by atoms with Gasteiger partial charge in [0.15, 0.2) is 0 Å². The smallest absolute Gasteiger partial charge is 0.0813 e. The summed E-state index contributed by atoms with van der Waals surface area (Å²) in [6, 6.07) is 2.14. The van der Waals surface area contributed by atoms with Crippen molar-refractivity contribution in [1.82, 2.24) is 9.78 Å². The summed E-state index contributed by atoms with van der Waals surface area (Å²) in [4.78, 5) is 0. The first kappa shape index (κ1) is 7.80. The number of hydrogen-bond donors (Lipinski definition) is 0. The van der Waals surface area contributed by atoms with Crippen LogP contribution in [-0.2, 0) is 18.2 Å². The minimum absolute atomic E-state index is 0.528. The van der Waals surface area contributed by atoms with Crippen LogP contribution in [0, 0.1) is 6.92 Å². The van der Waals surface area contributed by atoms with Crippen molar-refractivity contribution in [2.45, 2.75) is 25.9 Å². The quantitative estimate of drug-likeness (QED) is 0.628. The van der Waals surface area contributed by atoms with Crippen molar-refractivity contribution < 1.29 is 4.74 Å². The molecule has 3 heteroatoms. The van der Waals surface area contributed by atoms with Crippen molar-refractivity contribution in [1.29, 1.82) is 0 Å². The Morgan fingerprint density at radius 3 is 3.00 bits per heavy atom. The predicted molar refractivity (Wildman–Crippen MR) is 46.0 cm³/mol. The lowest BCUT2D eigenvalue weighted by atomic mass is 10.2. The fourth-order valence-electron chi connectivity index (χ4n) is 1.44. The van der Waals surface area contributed by atoms with E-state index in [4.69, 9.17) is 4.74 Å². The molecule has 0 amide bonds. The van der Waals surface area contributed by atoms with Gasteiger partial charge in [0.2, 0.25) is 0 Å². The molecular formula is C9H14N2O. The molecule has 0 aromatic carbocycles. The third-order valence-corrected chi connectivity index (χ3v) is 2.22. The molecule has 12 heavy (non-hydrogen) atoms. The first-order chi connectivity index (χ1) is 5.75. The Kier molecular flexibility index (Phi) is 1.89. The van der Waals surface area contributed by atoms with Crippen LogP contribution in [0.3, 0.4) is 0 Å². The van der Waals surface area contributed by atoms with Gasteiger partial charge in [-0.3, -0.25) is 4.68 Å². The monoisotopic (exact) mass is 166 g/mol. The van der Waals surface area contributed by atoms with Crippen LogP contribution in [0.25, 0.3) is 0 Å². The molecule has 3 nitrogen and oxygen atoms in total. The minimum atomic E-state index is 0.528. The molecule has 0 saturated carbocycles. The van der Waals surface area contributed by atoms with Crippen LogP contribution in [0.15, 0.2) is 6.07 Å². The van der Waals surface area contributed by atoms with Gasteiger partial charge in [-0.05, 0) is 25.8 Å². The van der Waals surface area contributed by atoms with Crippen LogP contribution in [0.1, 0.15) is 17.8 Å². The van der Waals surface area contributed by atoms with Crippen LogP contribution in [0.4, 0.5) is 0 Å². The zero-order valence-electron chi connectivity index (χ0n) is 7.58. The van der Waals surface area contributed by atoms with Gasteiger partial charge in [-0.2, -0.15) is 5.10 Å². The highest BCUT2D eigenvalue weighted by molar-refractivity contribution is 5.08. The van der Waals surface area contributed by atoms with E-state index in [0.29, 0.717) is 6.10 Å². The largest absolute Gasteiger partial charge is 0.373 e. The lowest BCUT2D eigenvalue weighted by Crippen LogP contribution is -1.99. The number of hydrogen-bond acceptors (Lipinski definition) is 2. The lowest BCUT2D eigenvalue weighted by molar-refractivity contribution is 0.395. The van der Waals surface area contributed by atoms with Gasteiger partial charge in [-0.15, -0.1) is 0 Å². The summed E-state index contributed by atoms with van der Waals surface area (Å²) in [5, 5.41) is 4.29. The molecule has 0 bridgehead atoms. The zero-order chi connectivity index (χ0) is 8.55. The van der Waals surface area contributed by atoms with E-state index in [2.05, 4.69) is 11.2 Å². The molecule has 66 valence electrons. The Labute approximate surface area is 72.3 Å². The van der Waals surface area contributed by atoms with E-state index < -0.39 is 0 Å². The van der Waals surface area contributed by atoms with Crippen molar-refractivity contribution in [3.8, 4) is 0 Å². The van der Waals surface area contributed by atoms with Crippen molar-refractivity contribution >= 4 is 0 Å². The number of aromatic nitrogens is 2. The Hall–Kier alpha value is -0.830. The SMILES string of the molecule is Cc1cc(CCC2CO2)n(C)n1. The summed E-state index contributed by atoms with van der Waals surface area (Å²) in [5.74, 6) is 0. The number of rotatable bonds is 3. The van der Waals surface area contributed by atoms with Gasteiger partial charge in [0, 0.05) is 12.7 Å². The van der Waals surface area contributed by atoms with E-state index in [9.17, 15) is 0 Å². The summed E-state index contributed by atoms with van der Waals surface area (Å²) in [7, 11) is 2.00. The average molecular weight is 166 g/mol. The van der Waals surface area contributed by atoms with Gasteiger partial charge in [-0.25, -0.2) is 0 Å². The van der Waals surface area contributed by atoms with E-state index in [1.165, 1.54) is 5.69 Å². The maximum atomic E-state index is 5.15. The highest BCUT2D eigenvalue weighted by Crippen LogP contribution is 2.16. The van der Waals surface area contributed by atoms with Crippen LogP contribution in [0.2, 0.25) is 0 Å². The van der Waals surface area contributed by atoms with Gasteiger partial charge < -0.3 is 4.74 Å². The fourth-order valence-corrected chi connectivity index (χ4v) is 1.44. The molecule has 1 aliphatic rings. The summed E-state index contributed by atoms with van der Waals surface area (Å²) in [5.41, 5.74) is 2.41. The Bertz CT molecular complexity index is 276. The topological polar surface area (TPSA) is 30.4 Å². The first-order valence-corrected chi connectivity index (χ1v) is 4.37. The third kappa shape index (κ3) is 1.67. The minimum Gasteiger partial charge on any atom is -0.373 e. The van der Waals surface area contributed by atoms with Gasteiger partial charge in [0.05, 0.1) is 18.4 Å². The van der Waals surface area contributed by atoms with E-state index in [1.54, 1.807) is 0 Å². The summed E-state index contributed by atoms with van der Waals surface area (Å²) in [6.45, 7) is 2.98. The normalized spacial score (nSPS) is 21.3. The molecule has 0 N–H and O–H groups in total. The van der Waals surface area contributed by atoms with Gasteiger partial charge in [-0.1, -0.05) is 0 Å². The molecule has 1 fully saturated rings. The molecule has 0 spiro atoms. The van der Waals surface area contributed by atoms with Crippen LogP contribution in [0.5, 0.6) is 0 Å². The number of epoxide rings is 1. The van der Waals surface area contributed by atoms with Gasteiger partial charge >= 0.3 is 0 Å². The molecule has 1 saturated heterocycles. The maximum Gasteiger partial charge on any atom is 0.0813 e. The predicted octanol–water partition coefficient (Wildman–Crippen LogP) is 1.06. The molecule has 1 unspecified atom stereocenters. The summed E-state index contributed by atoms with van der Waals surface area (Å²) in [6.07, 6.45) is 2.75. The number of aryl methyl sites for hydroxylation is 3. The zero-order valence-corrected chi connectivity index (χ0v) is 7.58. The van der Waals surface area contributed by atoms with E-state index in [-0.39, 0.29) is 0 Å². The Morgan fingerprint density at radius 2 is 2.50 bits per heavy atom. The first-order valence-electron chi connectivity index (χ1n) is 4.37. The molecular weight excluding hydrogens is 152 g/mol. The van der Waals surface area contributed by atoms with Crippen LogP contribution < -0.4 is 0 Å². The second-order valence-electron chi connectivity index (χ2n) is 3.39. The van der Waals surface area contributed by atoms with E-state index in [1.807, 2.05) is 18.7 Å². The van der Waals surface area contributed by atoms with Crippen molar-refractivity contribution in [2.75, 3.05) is 6.61 Å². The van der Waals surface area contributed by atoms with Crippen molar-refractivity contribution in [2.24, 2.45) is 7.05 Å². The second-order valence-corrected chi connectivity index (χ2v) is 3.39. The highest BCUT2D eigenvalue weighted by Gasteiger charge is 2.22. The third-order valence-electron chi connectivity index (χ3n) is 2.22. The fraction of sp³-hybridized carbons (Fsp3) is 0.667. The highest BCUT2D eigenvalue weighted by atomic mass is 16.6. The summed E-state index contributed by atoms with van der Waals surface area (Å²) >= 11 is 0. The van der Waals surface area contributed by atoms with Crippen molar-refractivity contribution in [3.63, 3.8) is 0 Å². The average Bonchev–Trinajstić information content (AvgIpc) is 2.76. The van der Waals surface area contributed by atoms with E-state index in [0.717, 1.165) is 25.1 Å². The molecule has 1 aromatic heterocycles. The second kappa shape index (κ2) is 2.90. The number of ether oxygens (including phenoxy) is 1.